The normalized spacial score (nSPS) is 12.0. The highest BCUT2D eigenvalue weighted by Gasteiger charge is 2.17. The average Bonchev–Trinajstić information content (AvgIpc) is 2.39. The summed E-state index contributed by atoms with van der Waals surface area (Å²) in [6.07, 6.45) is -0.515. The molecule has 1 aromatic rings. The number of benzene rings is 1. The van der Waals surface area contributed by atoms with Crippen LogP contribution in [0.2, 0.25) is 0 Å². The van der Waals surface area contributed by atoms with Gasteiger partial charge in [0.1, 0.15) is 5.75 Å². The first-order chi connectivity index (χ1) is 9.10. The van der Waals surface area contributed by atoms with Crippen molar-refractivity contribution in [2.45, 2.75) is 33.4 Å². The minimum atomic E-state index is -0.515. The first-order valence-corrected chi connectivity index (χ1v) is 7.31. The van der Waals surface area contributed by atoms with Gasteiger partial charge in [0.2, 0.25) is 0 Å². The number of likely N-dealkylation sites (N-methyl/N-ethyl adjacent to an activating group) is 1. The van der Waals surface area contributed by atoms with Gasteiger partial charge in [-0.15, -0.1) is 0 Å². The summed E-state index contributed by atoms with van der Waals surface area (Å²) >= 11 is 3.47. The fourth-order valence-electron chi connectivity index (χ4n) is 1.63. The van der Waals surface area contributed by atoms with Crippen LogP contribution >= 0.6 is 15.9 Å². The van der Waals surface area contributed by atoms with E-state index < -0.39 is 6.10 Å². The minimum Gasteiger partial charge on any atom is -0.479 e. The van der Waals surface area contributed by atoms with Crippen LogP contribution in [0.3, 0.4) is 0 Å². The number of amides is 1. The van der Waals surface area contributed by atoms with Crippen LogP contribution < -0.4 is 15.4 Å². The molecule has 0 fully saturated rings. The van der Waals surface area contributed by atoms with E-state index in [1.165, 1.54) is 0 Å². The van der Waals surface area contributed by atoms with Gasteiger partial charge in [-0.1, -0.05) is 19.1 Å². The Morgan fingerprint density at radius 2 is 2.11 bits per heavy atom. The zero-order valence-electron chi connectivity index (χ0n) is 11.6. The zero-order valence-corrected chi connectivity index (χ0v) is 13.2. The van der Waals surface area contributed by atoms with Crippen molar-refractivity contribution >= 4 is 21.8 Å². The molecule has 1 rings (SSSR count). The summed E-state index contributed by atoms with van der Waals surface area (Å²) in [5.74, 6) is 0.620. The van der Waals surface area contributed by atoms with Crippen LogP contribution in [0.1, 0.15) is 26.3 Å². The topological polar surface area (TPSA) is 50.4 Å². The predicted molar refractivity (Wildman–Crippen MR) is 80.3 cm³/mol. The first-order valence-electron chi connectivity index (χ1n) is 6.52. The molecule has 0 saturated heterocycles. The van der Waals surface area contributed by atoms with Crippen molar-refractivity contribution in [3.8, 4) is 5.75 Å². The van der Waals surface area contributed by atoms with Crippen LogP contribution in [0.15, 0.2) is 22.7 Å². The quantitative estimate of drug-likeness (QED) is 0.808. The molecule has 0 bridgehead atoms. The zero-order chi connectivity index (χ0) is 14.3. The Labute approximate surface area is 123 Å². The summed E-state index contributed by atoms with van der Waals surface area (Å²) in [7, 11) is 0. The van der Waals surface area contributed by atoms with Gasteiger partial charge in [-0.05, 0) is 42.4 Å². The molecule has 0 radical (unpaired) electrons. The third kappa shape index (κ3) is 4.84. The molecular weight excluding hydrogens is 308 g/mol. The highest BCUT2D eigenvalue weighted by Crippen LogP contribution is 2.30. The van der Waals surface area contributed by atoms with Crippen molar-refractivity contribution in [3.05, 3.63) is 28.2 Å². The summed E-state index contributed by atoms with van der Waals surface area (Å²) in [5, 5.41) is 6.01. The van der Waals surface area contributed by atoms with E-state index in [1.807, 2.05) is 25.1 Å². The van der Waals surface area contributed by atoms with Gasteiger partial charge in [0.25, 0.3) is 5.91 Å². The smallest absolute Gasteiger partial charge is 0.260 e. The molecule has 1 unspecified atom stereocenters. The summed E-state index contributed by atoms with van der Waals surface area (Å²) in [6.45, 7) is 7.90. The summed E-state index contributed by atoms with van der Waals surface area (Å²) in [4.78, 5) is 11.7. The molecule has 0 aliphatic heterocycles. The molecule has 4 nitrogen and oxygen atoms in total. The Hall–Kier alpha value is -1.07. The first kappa shape index (κ1) is 16.0. The maximum absolute atomic E-state index is 11.7. The van der Waals surface area contributed by atoms with Gasteiger partial charge < -0.3 is 15.4 Å². The number of nitrogens with one attached hydrogen (secondary N) is 2. The van der Waals surface area contributed by atoms with Crippen LogP contribution in [-0.4, -0.2) is 25.1 Å². The molecule has 5 heteroatoms. The van der Waals surface area contributed by atoms with Gasteiger partial charge in [-0.2, -0.15) is 0 Å². The number of hydrogen-bond donors (Lipinski definition) is 2. The highest BCUT2D eigenvalue weighted by atomic mass is 79.9. The van der Waals surface area contributed by atoms with Gasteiger partial charge in [0.05, 0.1) is 4.47 Å². The van der Waals surface area contributed by atoms with Crippen LogP contribution in [0, 0.1) is 0 Å². The second-order valence-corrected chi connectivity index (χ2v) is 5.02. The maximum atomic E-state index is 11.7. The molecule has 19 heavy (non-hydrogen) atoms. The van der Waals surface area contributed by atoms with Crippen LogP contribution in [-0.2, 0) is 11.3 Å². The predicted octanol–water partition coefficient (Wildman–Crippen LogP) is 2.46. The van der Waals surface area contributed by atoms with E-state index in [2.05, 4.69) is 33.5 Å². The Bertz CT molecular complexity index is 424. The number of hydrogen-bond acceptors (Lipinski definition) is 3. The fraction of sp³-hybridized carbons (Fsp3) is 0.500. The van der Waals surface area contributed by atoms with Crippen LogP contribution in [0.25, 0.3) is 0 Å². The van der Waals surface area contributed by atoms with Crippen molar-refractivity contribution < 1.29 is 9.53 Å². The molecule has 0 spiro atoms. The Morgan fingerprint density at radius 1 is 1.37 bits per heavy atom. The summed E-state index contributed by atoms with van der Waals surface area (Å²) in [6, 6.07) is 5.86. The average molecular weight is 329 g/mol. The lowest BCUT2D eigenvalue weighted by atomic mass is 10.2. The van der Waals surface area contributed by atoms with Crippen molar-refractivity contribution in [2.24, 2.45) is 0 Å². The number of carbonyl (C=O) groups excluding carboxylic acids is 1. The lowest BCUT2D eigenvalue weighted by Crippen LogP contribution is -2.36. The van der Waals surface area contributed by atoms with E-state index in [4.69, 9.17) is 4.74 Å². The highest BCUT2D eigenvalue weighted by molar-refractivity contribution is 9.10. The van der Waals surface area contributed by atoms with Crippen molar-refractivity contribution in [1.29, 1.82) is 0 Å². The Morgan fingerprint density at radius 3 is 2.74 bits per heavy atom. The maximum Gasteiger partial charge on any atom is 0.260 e. The monoisotopic (exact) mass is 328 g/mol. The second-order valence-electron chi connectivity index (χ2n) is 4.16. The molecule has 1 amide bonds. The summed E-state index contributed by atoms with van der Waals surface area (Å²) in [5.41, 5.74) is 1.03. The molecule has 1 atom stereocenters. The lowest BCUT2D eigenvalue weighted by molar-refractivity contribution is -0.127. The Balaban J connectivity index is 2.83. The number of halogens is 1. The largest absolute Gasteiger partial charge is 0.479 e. The molecular formula is C14H21BrN2O2. The van der Waals surface area contributed by atoms with E-state index in [1.54, 1.807) is 6.92 Å². The number of ether oxygens (including phenoxy) is 1. The molecule has 2 N–H and O–H groups in total. The van der Waals surface area contributed by atoms with E-state index in [0.717, 1.165) is 22.3 Å². The molecule has 0 aliphatic carbocycles. The lowest BCUT2D eigenvalue weighted by Gasteiger charge is -2.18. The van der Waals surface area contributed by atoms with Crippen LogP contribution in [0.4, 0.5) is 0 Å². The van der Waals surface area contributed by atoms with Gasteiger partial charge in [0, 0.05) is 18.7 Å². The fourth-order valence-corrected chi connectivity index (χ4v) is 2.13. The van der Waals surface area contributed by atoms with Crippen LogP contribution in [0.5, 0.6) is 5.75 Å². The molecule has 106 valence electrons. The van der Waals surface area contributed by atoms with Crippen molar-refractivity contribution in [1.82, 2.24) is 10.6 Å². The number of rotatable bonds is 7. The van der Waals surface area contributed by atoms with E-state index in [-0.39, 0.29) is 5.91 Å². The third-order valence-corrected chi connectivity index (χ3v) is 3.25. The van der Waals surface area contributed by atoms with E-state index in [9.17, 15) is 4.79 Å². The van der Waals surface area contributed by atoms with Crippen molar-refractivity contribution in [3.63, 3.8) is 0 Å². The molecule has 0 saturated carbocycles. The van der Waals surface area contributed by atoms with Gasteiger partial charge in [-0.3, -0.25) is 4.79 Å². The van der Waals surface area contributed by atoms with E-state index in [0.29, 0.717) is 13.1 Å². The van der Waals surface area contributed by atoms with Gasteiger partial charge in [0.15, 0.2) is 6.10 Å². The third-order valence-electron chi connectivity index (χ3n) is 2.63. The van der Waals surface area contributed by atoms with Crippen molar-refractivity contribution in [2.75, 3.05) is 13.1 Å². The summed E-state index contributed by atoms with van der Waals surface area (Å²) < 4.78 is 6.65. The molecule has 0 aliphatic rings. The second kappa shape index (κ2) is 8.17. The minimum absolute atomic E-state index is 0.104. The molecule has 0 aromatic heterocycles. The standard InChI is InChI=1S/C14H21BrN2O2/c1-4-16-9-11-7-6-8-12(15)13(11)19-10(3)14(18)17-5-2/h6-8,10,16H,4-5,9H2,1-3H3,(H,17,18). The van der Waals surface area contributed by atoms with Gasteiger partial charge in [-0.25, -0.2) is 0 Å². The SMILES string of the molecule is CCNCc1cccc(Br)c1OC(C)C(=O)NCC. The van der Waals surface area contributed by atoms with E-state index >= 15 is 0 Å². The number of carbonyl (C=O) groups is 1. The number of para-hydroxylation sites is 1. The van der Waals surface area contributed by atoms with Gasteiger partial charge >= 0.3 is 0 Å². The molecule has 1 aromatic carbocycles. The molecule has 0 heterocycles. The Kier molecular flexibility index (Phi) is 6.87.